The number of rotatable bonds is 6. The van der Waals surface area contributed by atoms with E-state index in [9.17, 15) is 4.79 Å². The Labute approximate surface area is 166 Å². The minimum Gasteiger partial charge on any atom is -0.472 e. The summed E-state index contributed by atoms with van der Waals surface area (Å²) in [6.07, 6.45) is 5.45. The highest BCUT2D eigenvalue weighted by molar-refractivity contribution is 7.99. The summed E-state index contributed by atoms with van der Waals surface area (Å²) in [4.78, 5) is 16.9. The fourth-order valence-corrected chi connectivity index (χ4v) is 4.81. The average Bonchev–Trinajstić information content (AvgIpc) is 3.39. The summed E-state index contributed by atoms with van der Waals surface area (Å²) in [7, 11) is 0. The van der Waals surface area contributed by atoms with Crippen LogP contribution in [0.2, 0.25) is 0 Å². The fourth-order valence-electron chi connectivity index (χ4n) is 2.89. The van der Waals surface area contributed by atoms with Crippen molar-refractivity contribution in [2.75, 3.05) is 18.5 Å². The van der Waals surface area contributed by atoms with E-state index < -0.39 is 0 Å². The third-order valence-corrected chi connectivity index (χ3v) is 6.68. The monoisotopic (exact) mass is 400 g/mol. The molecule has 4 rings (SSSR count). The number of ether oxygens (including phenoxy) is 1. The summed E-state index contributed by atoms with van der Waals surface area (Å²) >= 11 is 3.39. The van der Waals surface area contributed by atoms with Gasteiger partial charge in [0.1, 0.15) is 17.0 Å². The molecule has 0 unspecified atom stereocenters. The van der Waals surface area contributed by atoms with Crippen molar-refractivity contribution in [3.8, 4) is 10.6 Å². The van der Waals surface area contributed by atoms with Crippen molar-refractivity contribution < 1.29 is 13.9 Å². The molecular weight excluding hydrogens is 380 g/mol. The summed E-state index contributed by atoms with van der Waals surface area (Å²) < 4.78 is 10.5. The van der Waals surface area contributed by atoms with E-state index in [1.807, 2.05) is 36.0 Å². The number of thiazole rings is 1. The molecular formula is C20H20N2O3S2. The minimum atomic E-state index is -0.199. The molecule has 0 radical (unpaired) electrons. The SMILES string of the molecule is O=C(Nc1cccc(CSC2CCOCC2)c1)c1csc(-c2ccoc2)n1. The zero-order valence-corrected chi connectivity index (χ0v) is 16.4. The molecule has 0 saturated carbocycles. The first-order valence-electron chi connectivity index (χ1n) is 8.86. The number of furan rings is 1. The van der Waals surface area contributed by atoms with E-state index in [1.165, 1.54) is 16.9 Å². The van der Waals surface area contributed by atoms with Gasteiger partial charge < -0.3 is 14.5 Å². The second-order valence-corrected chi connectivity index (χ2v) is 8.47. The van der Waals surface area contributed by atoms with Gasteiger partial charge in [0.25, 0.3) is 5.91 Å². The maximum atomic E-state index is 12.5. The number of nitrogens with one attached hydrogen (secondary N) is 1. The topological polar surface area (TPSA) is 64.4 Å². The molecule has 0 spiro atoms. The van der Waals surface area contributed by atoms with Crippen molar-refractivity contribution in [1.29, 1.82) is 0 Å². The number of nitrogens with zero attached hydrogens (tertiary/aromatic N) is 1. The highest BCUT2D eigenvalue weighted by Gasteiger charge is 2.15. The molecule has 0 bridgehead atoms. The predicted octanol–water partition coefficient (Wildman–Crippen LogP) is 5.07. The first-order chi connectivity index (χ1) is 13.3. The Morgan fingerprint density at radius 2 is 2.19 bits per heavy atom. The van der Waals surface area contributed by atoms with Gasteiger partial charge in [-0.1, -0.05) is 12.1 Å². The maximum absolute atomic E-state index is 12.5. The largest absolute Gasteiger partial charge is 0.472 e. The van der Waals surface area contributed by atoms with Crippen molar-refractivity contribution >= 4 is 34.7 Å². The van der Waals surface area contributed by atoms with Gasteiger partial charge in [-0.15, -0.1) is 11.3 Å². The van der Waals surface area contributed by atoms with Crippen LogP contribution in [0.5, 0.6) is 0 Å². The first-order valence-corrected chi connectivity index (χ1v) is 10.8. The quantitative estimate of drug-likeness (QED) is 0.626. The number of hydrogen-bond acceptors (Lipinski definition) is 6. The van der Waals surface area contributed by atoms with Gasteiger partial charge in [-0.3, -0.25) is 4.79 Å². The summed E-state index contributed by atoms with van der Waals surface area (Å²) in [6.45, 7) is 1.73. The molecule has 1 aromatic carbocycles. The van der Waals surface area contributed by atoms with Crippen LogP contribution in [0, 0.1) is 0 Å². The number of aromatic nitrogens is 1. The lowest BCUT2D eigenvalue weighted by atomic mass is 10.2. The molecule has 1 fully saturated rings. The normalized spacial score (nSPS) is 15.0. The maximum Gasteiger partial charge on any atom is 0.275 e. The number of thioether (sulfide) groups is 1. The van der Waals surface area contributed by atoms with E-state index in [0.717, 1.165) is 48.1 Å². The van der Waals surface area contributed by atoms with Gasteiger partial charge in [0, 0.05) is 40.8 Å². The zero-order chi connectivity index (χ0) is 18.5. The van der Waals surface area contributed by atoms with E-state index >= 15 is 0 Å². The summed E-state index contributed by atoms with van der Waals surface area (Å²) in [5, 5.41) is 6.15. The van der Waals surface area contributed by atoms with Gasteiger partial charge in [0.05, 0.1) is 6.26 Å². The molecule has 1 aliphatic rings. The number of carbonyl (C=O) groups is 1. The van der Waals surface area contributed by atoms with E-state index in [2.05, 4.69) is 16.4 Å². The van der Waals surface area contributed by atoms with Gasteiger partial charge in [0.15, 0.2) is 0 Å². The van der Waals surface area contributed by atoms with E-state index in [0.29, 0.717) is 10.9 Å². The molecule has 1 aliphatic heterocycles. The lowest BCUT2D eigenvalue weighted by Gasteiger charge is -2.21. The number of amides is 1. The average molecular weight is 401 g/mol. The van der Waals surface area contributed by atoms with Crippen LogP contribution in [0.25, 0.3) is 10.6 Å². The second-order valence-electron chi connectivity index (χ2n) is 6.33. The number of anilines is 1. The Kier molecular flexibility index (Phi) is 5.91. The van der Waals surface area contributed by atoms with Gasteiger partial charge in [-0.25, -0.2) is 4.98 Å². The highest BCUT2D eigenvalue weighted by atomic mass is 32.2. The molecule has 3 aromatic rings. The minimum absolute atomic E-state index is 0.199. The standard InChI is InChI=1S/C20H20N2O3S2/c23-19(18-13-27-20(22-18)15-4-7-25-11-15)21-16-3-1-2-14(10-16)12-26-17-5-8-24-9-6-17/h1-4,7,10-11,13,17H,5-6,8-9,12H2,(H,21,23). The summed E-state index contributed by atoms with van der Waals surface area (Å²) in [5.41, 5.74) is 3.30. The van der Waals surface area contributed by atoms with Crippen LogP contribution in [-0.4, -0.2) is 29.4 Å². The molecule has 0 atom stereocenters. The van der Waals surface area contributed by atoms with Crippen LogP contribution in [0.3, 0.4) is 0 Å². The molecule has 0 aliphatic carbocycles. The number of carbonyl (C=O) groups excluding carboxylic acids is 1. The smallest absolute Gasteiger partial charge is 0.275 e. The molecule has 5 nitrogen and oxygen atoms in total. The van der Waals surface area contributed by atoms with Gasteiger partial charge in [-0.05, 0) is 36.6 Å². The van der Waals surface area contributed by atoms with Crippen molar-refractivity contribution in [2.45, 2.75) is 23.8 Å². The molecule has 1 N–H and O–H groups in total. The van der Waals surface area contributed by atoms with Crippen LogP contribution < -0.4 is 5.32 Å². The Balaban J connectivity index is 1.36. The number of benzene rings is 1. The number of hydrogen-bond donors (Lipinski definition) is 1. The van der Waals surface area contributed by atoms with Crippen LogP contribution in [0.4, 0.5) is 5.69 Å². The fraction of sp³-hybridized carbons (Fsp3) is 0.300. The third kappa shape index (κ3) is 4.80. The zero-order valence-electron chi connectivity index (χ0n) is 14.7. The van der Waals surface area contributed by atoms with Crippen molar-refractivity contribution in [3.63, 3.8) is 0 Å². The molecule has 140 valence electrons. The molecule has 1 amide bonds. The molecule has 3 heterocycles. The molecule has 7 heteroatoms. The van der Waals surface area contributed by atoms with Crippen LogP contribution in [-0.2, 0) is 10.5 Å². The van der Waals surface area contributed by atoms with Crippen LogP contribution in [0.1, 0.15) is 28.9 Å². The summed E-state index contributed by atoms with van der Waals surface area (Å²) in [6, 6.07) is 9.85. The highest BCUT2D eigenvalue weighted by Crippen LogP contribution is 2.27. The lowest BCUT2D eigenvalue weighted by molar-refractivity contribution is 0.0999. The summed E-state index contributed by atoms with van der Waals surface area (Å²) in [5.74, 6) is 0.741. The van der Waals surface area contributed by atoms with E-state index in [4.69, 9.17) is 9.15 Å². The van der Waals surface area contributed by atoms with Crippen molar-refractivity contribution in [1.82, 2.24) is 4.98 Å². The van der Waals surface area contributed by atoms with Gasteiger partial charge >= 0.3 is 0 Å². The lowest BCUT2D eigenvalue weighted by Crippen LogP contribution is -2.17. The second kappa shape index (κ2) is 8.73. The van der Waals surface area contributed by atoms with Crippen molar-refractivity contribution in [2.24, 2.45) is 0 Å². The molecule has 1 saturated heterocycles. The van der Waals surface area contributed by atoms with E-state index in [1.54, 1.807) is 17.9 Å². The molecule has 2 aromatic heterocycles. The predicted molar refractivity (Wildman–Crippen MR) is 109 cm³/mol. The Morgan fingerprint density at radius 3 is 3.00 bits per heavy atom. The van der Waals surface area contributed by atoms with Crippen LogP contribution in [0.15, 0.2) is 52.7 Å². The van der Waals surface area contributed by atoms with Gasteiger partial charge in [0.2, 0.25) is 0 Å². The third-order valence-electron chi connectivity index (χ3n) is 4.34. The first kappa shape index (κ1) is 18.3. The van der Waals surface area contributed by atoms with Crippen LogP contribution >= 0.6 is 23.1 Å². The Bertz CT molecular complexity index is 886. The Morgan fingerprint density at radius 1 is 1.30 bits per heavy atom. The Hall–Kier alpha value is -2.09. The molecule has 27 heavy (non-hydrogen) atoms. The van der Waals surface area contributed by atoms with Gasteiger partial charge in [-0.2, -0.15) is 11.8 Å². The van der Waals surface area contributed by atoms with E-state index in [-0.39, 0.29) is 5.91 Å². The van der Waals surface area contributed by atoms with Crippen molar-refractivity contribution in [3.05, 3.63) is 59.5 Å².